The number of aryl methyl sites for hydroxylation is 1. The molecule has 0 spiro atoms. The molecule has 4 fully saturated rings. The summed E-state index contributed by atoms with van der Waals surface area (Å²) in [5.74, 6) is -4.79. The van der Waals surface area contributed by atoms with E-state index in [2.05, 4.69) is 54.5 Å². The first-order valence-electron chi connectivity index (χ1n) is 34.0. The summed E-state index contributed by atoms with van der Waals surface area (Å²) in [5, 5.41) is 19.2. The lowest BCUT2D eigenvalue weighted by Gasteiger charge is -2.46. The van der Waals surface area contributed by atoms with Crippen LogP contribution in [-0.2, 0) is 73.3 Å². The molecule has 1 aromatic carbocycles. The molecule has 0 aliphatic carbocycles. The molecule has 98 heavy (non-hydrogen) atoms. The van der Waals surface area contributed by atoms with Crippen molar-refractivity contribution < 1.29 is 86.1 Å². The summed E-state index contributed by atoms with van der Waals surface area (Å²) in [6.07, 6.45) is -2.07. The highest BCUT2D eigenvalue weighted by molar-refractivity contribution is 14.1. The lowest BCUT2D eigenvalue weighted by Crippen LogP contribution is -2.70. The third-order valence-corrected chi connectivity index (χ3v) is 15.6. The Kier molecular flexibility index (Phi) is 31.8. The molecule has 4 aliphatic rings. The van der Waals surface area contributed by atoms with Crippen LogP contribution in [0.5, 0.6) is 0 Å². The number of hydrogen-bond acceptors (Lipinski definition) is 20. The molecule has 30 heteroatoms. The van der Waals surface area contributed by atoms with Crippen molar-refractivity contribution in [1.29, 1.82) is 0 Å². The molecule has 0 radical (unpaired) electrons. The van der Waals surface area contributed by atoms with Gasteiger partial charge in [0.05, 0.1) is 37.3 Å². The average Bonchev–Trinajstić information content (AvgIpc) is 1.13. The molecule has 552 valence electrons. The number of ether oxygens (including phenoxy) is 5. The largest absolute Gasteiger partial charge is 0.458 e. The number of unbranched alkanes of at least 4 members (excludes halogenated alkanes) is 1. The number of carbonyl (C=O) groups is 12. The Labute approximate surface area is 591 Å². The number of nitrogens with zero attached hydrogens (tertiary/aromatic N) is 5. The van der Waals surface area contributed by atoms with Crippen molar-refractivity contribution in [3.05, 3.63) is 33.4 Å². The molecule has 0 saturated carbocycles. The summed E-state index contributed by atoms with van der Waals surface area (Å²) in [6, 6.07) is 7.11. The van der Waals surface area contributed by atoms with Crippen molar-refractivity contribution in [2.75, 3.05) is 85.1 Å². The molecule has 4 aliphatic heterocycles. The summed E-state index contributed by atoms with van der Waals surface area (Å²) in [6.45, 7) is 22.5. The lowest BCUT2D eigenvalue weighted by atomic mass is 9.94. The highest BCUT2D eigenvalue weighted by Gasteiger charge is 2.45. The maximum Gasteiger partial charge on any atom is 0.410 e. The van der Waals surface area contributed by atoms with Crippen molar-refractivity contribution in [2.24, 2.45) is 0 Å². The molecule has 10 amide bonds. The molecule has 5 rings (SSSR count). The third-order valence-electron chi connectivity index (χ3n) is 14.9. The Morgan fingerprint density at radius 2 is 0.867 bits per heavy atom. The number of halogens is 1. The molecule has 1 aromatic rings. The van der Waals surface area contributed by atoms with Gasteiger partial charge < -0.3 is 80.0 Å². The zero-order chi connectivity index (χ0) is 73.5. The van der Waals surface area contributed by atoms with Gasteiger partial charge in [-0.2, -0.15) is 0 Å². The van der Waals surface area contributed by atoms with Crippen molar-refractivity contribution in [1.82, 2.24) is 56.6 Å². The molecule has 29 nitrogen and oxygen atoms in total. The van der Waals surface area contributed by atoms with E-state index >= 15 is 0 Å². The minimum Gasteiger partial charge on any atom is -0.458 e. The van der Waals surface area contributed by atoms with E-state index < -0.39 is 137 Å². The number of carbonyl (C=O) groups excluding carboxylic acids is 12. The summed E-state index contributed by atoms with van der Waals surface area (Å²) >= 11 is 2.25. The highest BCUT2D eigenvalue weighted by atomic mass is 127. The van der Waals surface area contributed by atoms with E-state index in [-0.39, 0.29) is 116 Å². The van der Waals surface area contributed by atoms with Gasteiger partial charge in [-0.1, -0.05) is 12.1 Å². The van der Waals surface area contributed by atoms with Gasteiger partial charge in [-0.3, -0.25) is 28.8 Å². The topological polar surface area (TPSA) is 349 Å². The Morgan fingerprint density at radius 1 is 0.490 bits per heavy atom. The van der Waals surface area contributed by atoms with Gasteiger partial charge in [-0.25, -0.2) is 28.8 Å². The van der Waals surface area contributed by atoms with E-state index in [4.69, 9.17) is 28.5 Å². The van der Waals surface area contributed by atoms with Crippen LogP contribution in [-0.4, -0.2) is 227 Å². The Balaban J connectivity index is 1.74. The standard InChI is InChI=1S/C68H110IN11O18/c1-62(2,3)93-57(88)49(22-16-17-34-72-50(81)23-18-21-47-28-30-48(69)31-29-47)73-51(82)24-19-25-52(83)74-67-41-70-35-36-71-42-68(75-53(84)26-20-27-56(87)98-80-54(85)32-33-55(80)86,45-78(60(91)96-65(10,11)12)39-37-76(43-67)58(89)94-63(4,5)6)46-79(61(92)97-66(13,14)15)40-38-77(44-67)59(90)95-64(7,8)9/h28-31,49,70-71H,16-27,32-46H2,1-15H3,(H,72,81)(H,73,82)(H,74,83)(H,75,84). The fourth-order valence-corrected chi connectivity index (χ4v) is 11.1. The summed E-state index contributed by atoms with van der Waals surface area (Å²) < 4.78 is 30.9. The van der Waals surface area contributed by atoms with Crippen molar-refractivity contribution >= 4 is 94.3 Å². The smallest absolute Gasteiger partial charge is 0.410 e. The number of rotatable bonds is 22. The van der Waals surface area contributed by atoms with E-state index in [1.165, 1.54) is 19.6 Å². The van der Waals surface area contributed by atoms with Crippen LogP contribution in [0.25, 0.3) is 0 Å². The fraction of sp³-hybridized carbons (Fsp3) is 0.735. The Morgan fingerprint density at radius 3 is 1.27 bits per heavy atom. The van der Waals surface area contributed by atoms with Crippen LogP contribution in [0, 0.1) is 3.57 Å². The number of nitrogens with one attached hydrogen (secondary N) is 6. The molecule has 2 bridgehead atoms. The molecule has 4 saturated heterocycles. The number of benzene rings is 1. The van der Waals surface area contributed by atoms with E-state index in [0.717, 1.165) is 15.6 Å². The van der Waals surface area contributed by atoms with E-state index in [9.17, 15) is 57.5 Å². The first-order chi connectivity index (χ1) is 45.4. The van der Waals surface area contributed by atoms with Crippen LogP contribution in [0.2, 0.25) is 0 Å². The van der Waals surface area contributed by atoms with E-state index in [1.807, 2.05) is 24.3 Å². The number of hydroxylamine groups is 2. The van der Waals surface area contributed by atoms with Crippen molar-refractivity contribution in [3.8, 4) is 0 Å². The lowest BCUT2D eigenvalue weighted by molar-refractivity contribution is -0.197. The second kappa shape index (κ2) is 37.4. The molecule has 4 heterocycles. The summed E-state index contributed by atoms with van der Waals surface area (Å²) in [7, 11) is 0. The SMILES string of the molecule is CC(C)(C)OC(=O)C(CCCCNC(=O)CCCc1ccc(I)cc1)NC(=O)CCCC(=O)NC12CNCCNCC(NC(=O)CCCC(=O)ON3C(=O)CCC3=O)(CN(C(=O)OC(C)(C)C)CCN(C(=O)OC(C)(C)C)C1)CN(C(=O)OC(C)(C)C)CCN(C(=O)OC(C)(C)C)C2. The second-order valence-corrected chi connectivity index (χ2v) is 31.6. The molecule has 6 N–H and O–H groups in total. The Bertz CT molecular complexity index is 2820. The molecular formula is C68H110IN11O18. The van der Waals surface area contributed by atoms with Crippen molar-refractivity contribution in [3.63, 3.8) is 0 Å². The van der Waals surface area contributed by atoms with Crippen LogP contribution < -0.4 is 31.9 Å². The van der Waals surface area contributed by atoms with Crippen LogP contribution in [0.4, 0.5) is 19.2 Å². The number of fused-ring (bicyclic) bond motifs is 15. The average molecular weight is 1500 g/mol. The number of esters is 1. The van der Waals surface area contributed by atoms with Crippen LogP contribution in [0.3, 0.4) is 0 Å². The van der Waals surface area contributed by atoms with Gasteiger partial charge in [-0.15, -0.1) is 5.06 Å². The predicted octanol–water partition coefficient (Wildman–Crippen LogP) is 6.54. The maximum atomic E-state index is 14.9. The Hall–Kier alpha value is -7.09. The van der Waals surface area contributed by atoms with Gasteiger partial charge in [-0.05, 0) is 189 Å². The van der Waals surface area contributed by atoms with Crippen molar-refractivity contribution in [2.45, 2.75) is 239 Å². The summed E-state index contributed by atoms with van der Waals surface area (Å²) in [4.78, 5) is 176. The zero-order valence-corrected chi connectivity index (χ0v) is 62.6. The van der Waals surface area contributed by atoms with Gasteiger partial charge in [0.25, 0.3) is 11.8 Å². The molecule has 1 atom stereocenters. The predicted molar refractivity (Wildman–Crippen MR) is 370 cm³/mol. The zero-order valence-electron chi connectivity index (χ0n) is 60.4. The second-order valence-electron chi connectivity index (χ2n) is 30.3. The first kappa shape index (κ1) is 83.3. The van der Waals surface area contributed by atoms with E-state index in [1.54, 1.807) is 104 Å². The molecular weight excluding hydrogens is 1390 g/mol. The van der Waals surface area contributed by atoms with Gasteiger partial charge >= 0.3 is 36.3 Å². The number of imide groups is 1. The van der Waals surface area contributed by atoms with Gasteiger partial charge in [0.2, 0.25) is 23.6 Å². The number of hydrogen-bond donors (Lipinski definition) is 6. The number of amides is 10. The van der Waals surface area contributed by atoms with Gasteiger partial charge in [0.1, 0.15) is 34.0 Å². The normalized spacial score (nSPS) is 19.1. The first-order valence-corrected chi connectivity index (χ1v) is 35.0. The third kappa shape index (κ3) is 32.3. The molecule has 1 unspecified atom stereocenters. The maximum absolute atomic E-state index is 14.9. The minimum atomic E-state index is -1.67. The minimum absolute atomic E-state index is 0.0309. The van der Waals surface area contributed by atoms with Crippen LogP contribution in [0.1, 0.15) is 193 Å². The monoisotopic (exact) mass is 1500 g/mol. The summed E-state index contributed by atoms with van der Waals surface area (Å²) in [5.41, 5.74) is -7.42. The van der Waals surface area contributed by atoms with Gasteiger partial charge in [0, 0.05) is 107 Å². The van der Waals surface area contributed by atoms with Crippen LogP contribution in [0.15, 0.2) is 24.3 Å². The quantitative estimate of drug-likeness (QED) is 0.0236. The fourth-order valence-electron chi connectivity index (χ4n) is 10.7. The van der Waals surface area contributed by atoms with Gasteiger partial charge in [0.15, 0.2) is 0 Å². The highest BCUT2D eigenvalue weighted by Crippen LogP contribution is 2.25. The molecule has 0 aromatic heterocycles. The van der Waals surface area contributed by atoms with E-state index in [0.29, 0.717) is 37.3 Å². The van der Waals surface area contributed by atoms with Crippen LogP contribution >= 0.6 is 22.6 Å².